The van der Waals surface area contributed by atoms with Crippen molar-refractivity contribution in [3.8, 4) is 11.5 Å². The van der Waals surface area contributed by atoms with Gasteiger partial charge in [0.15, 0.2) is 0 Å². The highest BCUT2D eigenvalue weighted by Gasteiger charge is 2.03. The Labute approximate surface area is 122 Å². The van der Waals surface area contributed by atoms with Crippen LogP contribution < -0.4 is 10.1 Å². The zero-order chi connectivity index (χ0) is 13.8. The van der Waals surface area contributed by atoms with Crippen LogP contribution >= 0.6 is 15.9 Å². The molecule has 1 N–H and O–H groups in total. The molecular formula is C16H18BrNO. The summed E-state index contributed by atoms with van der Waals surface area (Å²) in [6.07, 6.45) is 0. The van der Waals surface area contributed by atoms with Crippen LogP contribution in [0.1, 0.15) is 16.7 Å². The molecule has 0 aliphatic carbocycles. The van der Waals surface area contributed by atoms with Crippen LogP contribution in [0, 0.1) is 13.8 Å². The molecular weight excluding hydrogens is 302 g/mol. The molecule has 0 unspecified atom stereocenters. The third kappa shape index (κ3) is 3.58. The summed E-state index contributed by atoms with van der Waals surface area (Å²) in [6.45, 7) is 5.03. The first-order valence-corrected chi connectivity index (χ1v) is 7.07. The molecule has 0 aromatic heterocycles. The van der Waals surface area contributed by atoms with E-state index >= 15 is 0 Å². The van der Waals surface area contributed by atoms with E-state index in [2.05, 4.69) is 53.3 Å². The van der Waals surface area contributed by atoms with Crippen molar-refractivity contribution in [2.45, 2.75) is 20.4 Å². The zero-order valence-electron chi connectivity index (χ0n) is 11.5. The third-order valence-corrected chi connectivity index (χ3v) is 3.84. The summed E-state index contributed by atoms with van der Waals surface area (Å²) < 4.78 is 6.94. The Hall–Kier alpha value is -1.32. The summed E-state index contributed by atoms with van der Waals surface area (Å²) in [7, 11) is 1.94. The second kappa shape index (κ2) is 6.22. The van der Waals surface area contributed by atoms with E-state index in [4.69, 9.17) is 4.74 Å². The Morgan fingerprint density at radius 2 is 1.68 bits per heavy atom. The van der Waals surface area contributed by atoms with Crippen LogP contribution in [0.3, 0.4) is 0 Å². The molecule has 0 saturated heterocycles. The van der Waals surface area contributed by atoms with Crippen LogP contribution in [-0.2, 0) is 6.54 Å². The lowest BCUT2D eigenvalue weighted by atomic mass is 10.1. The molecule has 0 bridgehead atoms. The van der Waals surface area contributed by atoms with Gasteiger partial charge in [0.1, 0.15) is 11.5 Å². The molecule has 2 rings (SSSR count). The zero-order valence-corrected chi connectivity index (χ0v) is 13.0. The lowest BCUT2D eigenvalue weighted by Crippen LogP contribution is -2.05. The van der Waals surface area contributed by atoms with Gasteiger partial charge in [0.25, 0.3) is 0 Å². The van der Waals surface area contributed by atoms with Crippen LogP contribution in [0.15, 0.2) is 40.9 Å². The number of nitrogens with one attached hydrogen (secondary N) is 1. The maximum Gasteiger partial charge on any atom is 0.128 e. The van der Waals surface area contributed by atoms with Crippen LogP contribution in [0.25, 0.3) is 0 Å². The molecule has 0 radical (unpaired) electrons. The van der Waals surface area contributed by atoms with E-state index in [1.807, 2.05) is 25.2 Å². The van der Waals surface area contributed by atoms with E-state index in [-0.39, 0.29) is 0 Å². The first kappa shape index (κ1) is 14.1. The van der Waals surface area contributed by atoms with Crippen molar-refractivity contribution >= 4 is 15.9 Å². The predicted octanol–water partition coefficient (Wildman–Crippen LogP) is 4.58. The molecule has 0 atom stereocenters. The second-order valence-electron chi connectivity index (χ2n) is 4.63. The van der Waals surface area contributed by atoms with Crippen molar-refractivity contribution in [3.05, 3.63) is 57.6 Å². The summed E-state index contributed by atoms with van der Waals surface area (Å²) in [4.78, 5) is 0. The maximum atomic E-state index is 5.88. The average Bonchev–Trinajstić information content (AvgIpc) is 2.37. The average molecular weight is 320 g/mol. The van der Waals surface area contributed by atoms with Crippen LogP contribution in [0.4, 0.5) is 0 Å². The minimum absolute atomic E-state index is 0.838. The molecule has 19 heavy (non-hydrogen) atoms. The van der Waals surface area contributed by atoms with Gasteiger partial charge in [-0.3, -0.25) is 0 Å². The van der Waals surface area contributed by atoms with Gasteiger partial charge in [0.2, 0.25) is 0 Å². The van der Waals surface area contributed by atoms with Crippen LogP contribution in [0.2, 0.25) is 0 Å². The van der Waals surface area contributed by atoms with Gasteiger partial charge in [-0.05, 0) is 61.9 Å². The molecule has 2 aromatic carbocycles. The van der Waals surface area contributed by atoms with E-state index in [0.29, 0.717) is 0 Å². The van der Waals surface area contributed by atoms with Gasteiger partial charge in [0, 0.05) is 11.0 Å². The number of ether oxygens (including phenoxy) is 1. The van der Waals surface area contributed by atoms with Gasteiger partial charge >= 0.3 is 0 Å². The van der Waals surface area contributed by atoms with Crippen LogP contribution in [0.5, 0.6) is 11.5 Å². The molecule has 0 saturated carbocycles. The van der Waals surface area contributed by atoms with Crippen molar-refractivity contribution in [2.75, 3.05) is 7.05 Å². The fourth-order valence-corrected chi connectivity index (χ4v) is 2.34. The molecule has 3 heteroatoms. The lowest BCUT2D eigenvalue weighted by molar-refractivity contribution is 0.481. The normalized spacial score (nSPS) is 10.5. The Morgan fingerprint density at radius 1 is 1.00 bits per heavy atom. The number of halogens is 1. The highest BCUT2D eigenvalue weighted by molar-refractivity contribution is 9.10. The fourth-order valence-electron chi connectivity index (χ4n) is 1.84. The standard InChI is InChI=1S/C16H18BrNO/c1-11-4-6-14(8-12(11)2)19-15-7-5-13(10-18-3)16(17)9-15/h4-9,18H,10H2,1-3H3. The van der Waals surface area contributed by atoms with Crippen molar-refractivity contribution in [3.63, 3.8) is 0 Å². The van der Waals surface area contributed by atoms with E-state index in [1.54, 1.807) is 0 Å². The minimum Gasteiger partial charge on any atom is -0.457 e. The van der Waals surface area contributed by atoms with Gasteiger partial charge in [-0.1, -0.05) is 28.1 Å². The van der Waals surface area contributed by atoms with E-state index in [0.717, 1.165) is 22.5 Å². The first-order valence-electron chi connectivity index (χ1n) is 6.28. The molecule has 0 fully saturated rings. The summed E-state index contributed by atoms with van der Waals surface area (Å²) in [5.41, 5.74) is 3.73. The highest BCUT2D eigenvalue weighted by atomic mass is 79.9. The Balaban J connectivity index is 2.19. The van der Waals surface area contributed by atoms with Crippen molar-refractivity contribution in [1.82, 2.24) is 5.32 Å². The number of benzene rings is 2. The molecule has 0 aliphatic rings. The van der Waals surface area contributed by atoms with Gasteiger partial charge in [-0.15, -0.1) is 0 Å². The van der Waals surface area contributed by atoms with Gasteiger partial charge < -0.3 is 10.1 Å². The summed E-state index contributed by atoms with van der Waals surface area (Å²) in [5.74, 6) is 1.71. The summed E-state index contributed by atoms with van der Waals surface area (Å²) in [5, 5.41) is 3.14. The monoisotopic (exact) mass is 319 g/mol. The van der Waals surface area contributed by atoms with Crippen molar-refractivity contribution < 1.29 is 4.74 Å². The third-order valence-electron chi connectivity index (χ3n) is 3.11. The molecule has 0 amide bonds. The SMILES string of the molecule is CNCc1ccc(Oc2ccc(C)c(C)c2)cc1Br. The number of rotatable bonds is 4. The quantitative estimate of drug-likeness (QED) is 0.890. The van der Waals surface area contributed by atoms with E-state index in [9.17, 15) is 0 Å². The van der Waals surface area contributed by atoms with Gasteiger partial charge in [0.05, 0.1) is 0 Å². The molecule has 0 heterocycles. The van der Waals surface area contributed by atoms with E-state index in [1.165, 1.54) is 16.7 Å². The summed E-state index contributed by atoms with van der Waals surface area (Å²) >= 11 is 3.57. The van der Waals surface area contributed by atoms with Crippen molar-refractivity contribution in [2.24, 2.45) is 0 Å². The number of aryl methyl sites for hydroxylation is 2. The molecule has 0 spiro atoms. The second-order valence-corrected chi connectivity index (χ2v) is 5.49. The minimum atomic E-state index is 0.838. The van der Waals surface area contributed by atoms with Gasteiger partial charge in [-0.25, -0.2) is 0 Å². The lowest BCUT2D eigenvalue weighted by Gasteiger charge is -2.10. The number of hydrogen-bond acceptors (Lipinski definition) is 2. The molecule has 100 valence electrons. The predicted molar refractivity (Wildman–Crippen MR) is 82.9 cm³/mol. The molecule has 2 nitrogen and oxygen atoms in total. The van der Waals surface area contributed by atoms with E-state index < -0.39 is 0 Å². The Morgan fingerprint density at radius 3 is 2.32 bits per heavy atom. The fraction of sp³-hybridized carbons (Fsp3) is 0.250. The Kier molecular flexibility index (Phi) is 4.61. The number of hydrogen-bond donors (Lipinski definition) is 1. The largest absolute Gasteiger partial charge is 0.457 e. The first-order chi connectivity index (χ1) is 9.10. The maximum absolute atomic E-state index is 5.88. The van der Waals surface area contributed by atoms with Crippen molar-refractivity contribution in [1.29, 1.82) is 0 Å². The van der Waals surface area contributed by atoms with Crippen LogP contribution in [-0.4, -0.2) is 7.05 Å². The molecule has 2 aromatic rings. The smallest absolute Gasteiger partial charge is 0.128 e. The highest BCUT2D eigenvalue weighted by Crippen LogP contribution is 2.28. The topological polar surface area (TPSA) is 21.3 Å². The summed E-state index contributed by atoms with van der Waals surface area (Å²) in [6, 6.07) is 12.2. The molecule has 0 aliphatic heterocycles. The van der Waals surface area contributed by atoms with Gasteiger partial charge in [-0.2, -0.15) is 0 Å². The Bertz CT molecular complexity index is 581.